The Kier molecular flexibility index (Phi) is 3.58. The van der Waals surface area contributed by atoms with E-state index in [4.69, 9.17) is 8.83 Å². The van der Waals surface area contributed by atoms with E-state index in [0.717, 1.165) is 25.9 Å². The van der Waals surface area contributed by atoms with Crippen molar-refractivity contribution in [2.45, 2.75) is 31.8 Å². The molecule has 1 aliphatic rings. The normalized spacial score (nSPS) is 19.3. The molecule has 2 aromatic heterocycles. The van der Waals surface area contributed by atoms with Gasteiger partial charge in [0.1, 0.15) is 0 Å². The zero-order chi connectivity index (χ0) is 14.0. The molecule has 6 heteroatoms. The highest BCUT2D eigenvalue weighted by Gasteiger charge is 2.28. The van der Waals surface area contributed by atoms with Crippen LogP contribution in [0, 0.1) is 0 Å². The van der Waals surface area contributed by atoms with E-state index in [1.165, 1.54) is 0 Å². The molecular weight excluding hydrogens is 256 g/mol. The van der Waals surface area contributed by atoms with Crippen molar-refractivity contribution in [1.29, 1.82) is 0 Å². The summed E-state index contributed by atoms with van der Waals surface area (Å²) < 4.78 is 10.9. The van der Waals surface area contributed by atoms with Crippen molar-refractivity contribution in [3.8, 4) is 11.7 Å². The molecule has 0 saturated carbocycles. The molecule has 0 aliphatic carbocycles. The number of furan rings is 1. The number of hydrogen-bond donors (Lipinski definition) is 1. The average Bonchev–Trinajstić information content (AvgIpc) is 3.12. The van der Waals surface area contributed by atoms with E-state index >= 15 is 0 Å². The molecule has 0 radical (unpaired) electrons. The molecule has 1 saturated heterocycles. The summed E-state index contributed by atoms with van der Waals surface area (Å²) in [5, 5.41) is 11.5. The Labute approximate surface area is 118 Å². The molecule has 0 atom stereocenters. The van der Waals surface area contributed by atoms with Crippen LogP contribution < -0.4 is 5.32 Å². The molecule has 0 unspecified atom stereocenters. The van der Waals surface area contributed by atoms with Crippen LogP contribution in [0.25, 0.3) is 11.7 Å². The summed E-state index contributed by atoms with van der Waals surface area (Å²) in [6.07, 6.45) is 3.85. The summed E-state index contributed by atoms with van der Waals surface area (Å²) in [6, 6.07) is 3.62. The second kappa shape index (κ2) is 5.38. The van der Waals surface area contributed by atoms with Crippen LogP contribution in [0.3, 0.4) is 0 Å². The van der Waals surface area contributed by atoms with Gasteiger partial charge in [-0.15, -0.1) is 10.2 Å². The summed E-state index contributed by atoms with van der Waals surface area (Å²) in [6.45, 7) is 5.05. The van der Waals surface area contributed by atoms with Crippen LogP contribution in [-0.4, -0.2) is 40.8 Å². The van der Waals surface area contributed by atoms with E-state index in [0.29, 0.717) is 24.1 Å². The Morgan fingerprint density at radius 3 is 2.80 bits per heavy atom. The summed E-state index contributed by atoms with van der Waals surface area (Å²) >= 11 is 0. The van der Waals surface area contributed by atoms with Crippen molar-refractivity contribution >= 4 is 0 Å². The molecular formula is C14H20N4O2. The van der Waals surface area contributed by atoms with Gasteiger partial charge in [0.25, 0.3) is 5.89 Å². The Hall–Kier alpha value is -1.66. The van der Waals surface area contributed by atoms with Crippen molar-refractivity contribution in [2.75, 3.05) is 20.1 Å². The van der Waals surface area contributed by atoms with E-state index in [2.05, 4.69) is 27.3 Å². The molecule has 0 aromatic carbocycles. The topological polar surface area (TPSA) is 67.3 Å². The van der Waals surface area contributed by atoms with Crippen LogP contribution in [0.2, 0.25) is 0 Å². The van der Waals surface area contributed by atoms with Crippen molar-refractivity contribution in [3.63, 3.8) is 0 Å². The Bertz CT molecular complexity index is 541. The summed E-state index contributed by atoms with van der Waals surface area (Å²) in [4.78, 5) is 2.35. The Balaban J connectivity index is 1.59. The molecule has 1 aliphatic heterocycles. The molecule has 0 spiro atoms. The van der Waals surface area contributed by atoms with Gasteiger partial charge >= 0.3 is 0 Å². The monoisotopic (exact) mass is 276 g/mol. The van der Waals surface area contributed by atoms with Crippen LogP contribution in [-0.2, 0) is 6.54 Å². The number of nitrogens with zero attached hydrogens (tertiary/aromatic N) is 3. The highest BCUT2D eigenvalue weighted by atomic mass is 16.4. The van der Waals surface area contributed by atoms with Gasteiger partial charge in [-0.3, -0.25) is 4.90 Å². The number of hydrogen-bond acceptors (Lipinski definition) is 6. The summed E-state index contributed by atoms with van der Waals surface area (Å²) in [5.41, 5.74) is 0.255. The largest absolute Gasteiger partial charge is 0.459 e. The minimum atomic E-state index is 0.255. The van der Waals surface area contributed by atoms with Crippen LogP contribution in [0.1, 0.15) is 25.7 Å². The third kappa shape index (κ3) is 2.76. The molecule has 108 valence electrons. The lowest BCUT2D eigenvalue weighted by Gasteiger charge is -2.38. The van der Waals surface area contributed by atoms with E-state index in [9.17, 15) is 0 Å². The number of piperidine rings is 1. The molecule has 1 fully saturated rings. The highest BCUT2D eigenvalue weighted by molar-refractivity contribution is 5.42. The zero-order valence-corrected chi connectivity index (χ0v) is 11.9. The van der Waals surface area contributed by atoms with Gasteiger partial charge in [0, 0.05) is 18.6 Å². The standard InChI is InChI=1S/C14H20N4O2/c1-14(15-2)5-7-18(8-6-14)10-12-16-17-13(20-12)11-4-3-9-19-11/h3-4,9,15H,5-8,10H2,1-2H3. The first-order valence-corrected chi connectivity index (χ1v) is 6.96. The molecule has 0 amide bonds. The average molecular weight is 276 g/mol. The predicted octanol–water partition coefficient (Wildman–Crippen LogP) is 1.90. The SMILES string of the molecule is CNC1(C)CCN(Cc2nnc(-c3ccco3)o2)CC1. The van der Waals surface area contributed by atoms with Gasteiger partial charge < -0.3 is 14.2 Å². The first kappa shape index (κ1) is 13.3. The first-order valence-electron chi connectivity index (χ1n) is 6.96. The minimum absolute atomic E-state index is 0.255. The van der Waals surface area contributed by atoms with E-state index in [1.54, 1.807) is 6.26 Å². The van der Waals surface area contributed by atoms with Gasteiger partial charge in [0.2, 0.25) is 5.89 Å². The lowest BCUT2D eigenvalue weighted by atomic mass is 9.90. The van der Waals surface area contributed by atoms with E-state index in [-0.39, 0.29) is 5.54 Å². The lowest BCUT2D eigenvalue weighted by molar-refractivity contribution is 0.136. The third-order valence-electron chi connectivity index (χ3n) is 4.12. The third-order valence-corrected chi connectivity index (χ3v) is 4.12. The number of nitrogens with one attached hydrogen (secondary N) is 1. The molecule has 6 nitrogen and oxygen atoms in total. The van der Waals surface area contributed by atoms with Crippen molar-refractivity contribution in [3.05, 3.63) is 24.3 Å². The van der Waals surface area contributed by atoms with Crippen molar-refractivity contribution < 1.29 is 8.83 Å². The molecule has 1 N–H and O–H groups in total. The van der Waals surface area contributed by atoms with Crippen LogP contribution >= 0.6 is 0 Å². The van der Waals surface area contributed by atoms with Crippen LogP contribution in [0.15, 0.2) is 27.2 Å². The van der Waals surface area contributed by atoms with Gasteiger partial charge in [0.15, 0.2) is 5.76 Å². The van der Waals surface area contributed by atoms with Crippen molar-refractivity contribution in [2.24, 2.45) is 0 Å². The molecule has 3 rings (SSSR count). The van der Waals surface area contributed by atoms with Gasteiger partial charge in [-0.2, -0.15) is 0 Å². The number of rotatable bonds is 4. The molecule has 0 bridgehead atoms. The molecule has 20 heavy (non-hydrogen) atoms. The predicted molar refractivity (Wildman–Crippen MR) is 74.0 cm³/mol. The fourth-order valence-corrected chi connectivity index (χ4v) is 2.46. The lowest BCUT2D eigenvalue weighted by Crippen LogP contribution is -2.49. The zero-order valence-electron chi connectivity index (χ0n) is 11.9. The second-order valence-corrected chi connectivity index (χ2v) is 5.57. The second-order valence-electron chi connectivity index (χ2n) is 5.57. The van der Waals surface area contributed by atoms with Gasteiger partial charge in [0.05, 0.1) is 12.8 Å². The van der Waals surface area contributed by atoms with E-state index < -0.39 is 0 Å². The quantitative estimate of drug-likeness (QED) is 0.920. The fourth-order valence-electron chi connectivity index (χ4n) is 2.46. The summed E-state index contributed by atoms with van der Waals surface area (Å²) in [7, 11) is 2.03. The maximum Gasteiger partial charge on any atom is 0.283 e. The van der Waals surface area contributed by atoms with Crippen LogP contribution in [0.4, 0.5) is 0 Å². The minimum Gasteiger partial charge on any atom is -0.459 e. The summed E-state index contributed by atoms with van der Waals surface area (Å²) in [5.74, 6) is 1.71. The smallest absolute Gasteiger partial charge is 0.283 e. The molecule has 2 aromatic rings. The Morgan fingerprint density at radius 1 is 1.35 bits per heavy atom. The van der Waals surface area contributed by atoms with Gasteiger partial charge in [-0.05, 0) is 38.9 Å². The highest BCUT2D eigenvalue weighted by Crippen LogP contribution is 2.23. The first-order chi connectivity index (χ1) is 9.68. The number of aromatic nitrogens is 2. The number of likely N-dealkylation sites (tertiary alicyclic amines) is 1. The van der Waals surface area contributed by atoms with E-state index in [1.807, 2.05) is 19.2 Å². The maximum atomic E-state index is 5.64. The van der Waals surface area contributed by atoms with Crippen LogP contribution in [0.5, 0.6) is 0 Å². The molecule has 3 heterocycles. The Morgan fingerprint density at radius 2 is 2.15 bits per heavy atom. The van der Waals surface area contributed by atoms with Gasteiger partial charge in [-0.25, -0.2) is 0 Å². The fraction of sp³-hybridized carbons (Fsp3) is 0.571. The van der Waals surface area contributed by atoms with Crippen molar-refractivity contribution in [1.82, 2.24) is 20.4 Å². The maximum absolute atomic E-state index is 5.64. The van der Waals surface area contributed by atoms with Gasteiger partial charge in [-0.1, -0.05) is 0 Å².